The fraction of sp³-hybridized carbons (Fsp3) is 0. The van der Waals surface area contributed by atoms with Gasteiger partial charge in [0.2, 0.25) is 5.82 Å². The van der Waals surface area contributed by atoms with Gasteiger partial charge in [0.15, 0.2) is 23.3 Å². The smallest absolute Gasteiger partial charge is 0.335 e. The monoisotopic (exact) mass is 330 g/mol. The summed E-state index contributed by atoms with van der Waals surface area (Å²) in [7, 11) is 0. The van der Waals surface area contributed by atoms with E-state index in [2.05, 4.69) is 5.10 Å². The first-order valence-corrected chi connectivity index (χ1v) is 5.96. The van der Waals surface area contributed by atoms with Gasteiger partial charge in [0, 0.05) is 0 Å². The Kier molecular flexibility index (Phi) is 4.58. The molecule has 0 bridgehead atoms. The molecule has 0 saturated carbocycles. The number of carbonyl (C=O) groups is 1. The largest absolute Gasteiger partial charge is 0.478 e. The van der Waals surface area contributed by atoms with Crippen molar-refractivity contribution >= 4 is 17.9 Å². The van der Waals surface area contributed by atoms with Crippen molar-refractivity contribution in [2.45, 2.75) is 0 Å². The summed E-state index contributed by atoms with van der Waals surface area (Å²) >= 11 is 0. The minimum absolute atomic E-state index is 0.00914. The maximum Gasteiger partial charge on any atom is 0.335 e. The van der Waals surface area contributed by atoms with Crippen LogP contribution in [0.2, 0.25) is 0 Å². The lowest BCUT2D eigenvalue weighted by Crippen LogP contribution is -2.06. The highest BCUT2D eigenvalue weighted by Gasteiger charge is 2.25. The van der Waals surface area contributed by atoms with Crippen molar-refractivity contribution in [3.63, 3.8) is 0 Å². The SMILES string of the molecule is O=C(O)c1ccc(/C=N/Nc2c(F)c(F)c(F)c(F)c2F)cc1. The van der Waals surface area contributed by atoms with Gasteiger partial charge in [0.05, 0.1) is 11.8 Å². The van der Waals surface area contributed by atoms with Crippen molar-refractivity contribution in [2.75, 3.05) is 5.43 Å². The van der Waals surface area contributed by atoms with Crippen LogP contribution in [0.3, 0.4) is 0 Å². The second-order valence-electron chi connectivity index (χ2n) is 4.24. The Morgan fingerprint density at radius 1 is 0.913 bits per heavy atom. The van der Waals surface area contributed by atoms with E-state index in [-0.39, 0.29) is 5.56 Å². The minimum atomic E-state index is -2.27. The van der Waals surface area contributed by atoms with Gasteiger partial charge in [-0.1, -0.05) is 12.1 Å². The van der Waals surface area contributed by atoms with E-state index in [1.54, 1.807) is 5.43 Å². The molecule has 0 aromatic heterocycles. The highest BCUT2D eigenvalue weighted by molar-refractivity contribution is 5.89. The van der Waals surface area contributed by atoms with Crippen LogP contribution in [0.5, 0.6) is 0 Å². The molecule has 0 amide bonds. The molecule has 2 N–H and O–H groups in total. The van der Waals surface area contributed by atoms with Crippen molar-refractivity contribution in [2.24, 2.45) is 5.10 Å². The number of hydrogen-bond acceptors (Lipinski definition) is 3. The Labute approximate surface area is 125 Å². The predicted molar refractivity (Wildman–Crippen MR) is 70.8 cm³/mol. The molecule has 23 heavy (non-hydrogen) atoms. The predicted octanol–water partition coefficient (Wildman–Crippen LogP) is 3.53. The third kappa shape index (κ3) is 3.28. The normalized spacial score (nSPS) is 11.0. The molecule has 0 atom stereocenters. The first kappa shape index (κ1) is 16.4. The molecule has 0 radical (unpaired) electrons. The molecule has 0 aliphatic rings. The molecule has 0 aliphatic heterocycles. The van der Waals surface area contributed by atoms with E-state index in [0.29, 0.717) is 5.56 Å². The highest BCUT2D eigenvalue weighted by Crippen LogP contribution is 2.26. The lowest BCUT2D eigenvalue weighted by Gasteiger charge is -2.06. The molecule has 0 aliphatic carbocycles. The molecule has 9 heteroatoms. The lowest BCUT2D eigenvalue weighted by atomic mass is 10.1. The summed E-state index contributed by atoms with van der Waals surface area (Å²) in [6.07, 6.45) is 1.02. The zero-order valence-electron chi connectivity index (χ0n) is 11.1. The molecular weight excluding hydrogens is 323 g/mol. The van der Waals surface area contributed by atoms with Crippen LogP contribution in [0, 0.1) is 29.1 Å². The standard InChI is InChI=1S/C14H7F5N2O2/c15-8-9(16)11(18)13(12(19)10(8)17)21-20-5-6-1-3-7(4-2-6)14(22)23/h1-5,21H,(H,22,23)/b20-5+. The Morgan fingerprint density at radius 3 is 1.87 bits per heavy atom. The maximum absolute atomic E-state index is 13.3. The average Bonchev–Trinajstić information content (AvgIpc) is 2.54. The summed E-state index contributed by atoms with van der Waals surface area (Å²) < 4.78 is 65.5. The Bertz CT molecular complexity index is 762. The van der Waals surface area contributed by atoms with Gasteiger partial charge >= 0.3 is 5.97 Å². The molecule has 0 unspecified atom stereocenters. The van der Waals surface area contributed by atoms with Crippen molar-refractivity contribution in [3.8, 4) is 0 Å². The van der Waals surface area contributed by atoms with Crippen LogP contribution in [-0.2, 0) is 0 Å². The van der Waals surface area contributed by atoms with Crippen molar-refractivity contribution in [3.05, 3.63) is 64.5 Å². The number of carboxylic acids is 1. The van der Waals surface area contributed by atoms with Crippen LogP contribution in [0.25, 0.3) is 0 Å². The van der Waals surface area contributed by atoms with Crippen molar-refractivity contribution in [1.82, 2.24) is 0 Å². The van der Waals surface area contributed by atoms with Gasteiger partial charge in [-0.05, 0) is 17.7 Å². The third-order valence-corrected chi connectivity index (χ3v) is 2.76. The van der Waals surface area contributed by atoms with Crippen LogP contribution in [0.4, 0.5) is 27.6 Å². The first-order chi connectivity index (χ1) is 10.8. The molecule has 120 valence electrons. The van der Waals surface area contributed by atoms with Crippen LogP contribution in [0.15, 0.2) is 29.4 Å². The molecule has 0 heterocycles. The molecule has 2 rings (SSSR count). The van der Waals surface area contributed by atoms with Gasteiger partial charge in [-0.3, -0.25) is 5.43 Å². The number of aromatic carboxylic acids is 1. The average molecular weight is 330 g/mol. The summed E-state index contributed by atoms with van der Waals surface area (Å²) in [5.41, 5.74) is 0.789. The summed E-state index contributed by atoms with van der Waals surface area (Å²) in [5, 5.41) is 12.1. The topological polar surface area (TPSA) is 61.7 Å². The van der Waals surface area contributed by atoms with Crippen LogP contribution in [0.1, 0.15) is 15.9 Å². The zero-order chi connectivity index (χ0) is 17.1. The molecule has 4 nitrogen and oxygen atoms in total. The third-order valence-electron chi connectivity index (χ3n) is 2.76. The molecule has 0 fully saturated rings. The van der Waals surface area contributed by atoms with Gasteiger partial charge in [-0.25, -0.2) is 26.7 Å². The quantitative estimate of drug-likeness (QED) is 0.296. The van der Waals surface area contributed by atoms with E-state index in [9.17, 15) is 26.7 Å². The highest BCUT2D eigenvalue weighted by atomic mass is 19.2. The molecule has 2 aromatic rings. The number of nitrogens with zero attached hydrogens (tertiary/aromatic N) is 1. The van der Waals surface area contributed by atoms with Crippen LogP contribution < -0.4 is 5.43 Å². The second kappa shape index (κ2) is 6.42. The lowest BCUT2D eigenvalue weighted by molar-refractivity contribution is 0.0697. The maximum atomic E-state index is 13.3. The number of hydrogen-bond donors (Lipinski definition) is 2. The van der Waals surface area contributed by atoms with E-state index in [0.717, 1.165) is 6.21 Å². The molecular formula is C14H7F5N2O2. The fourth-order valence-electron chi connectivity index (χ4n) is 1.59. The van der Waals surface area contributed by atoms with E-state index in [1.165, 1.54) is 24.3 Å². The molecule has 0 spiro atoms. The van der Waals surface area contributed by atoms with Gasteiger partial charge in [0.25, 0.3) is 0 Å². The summed E-state index contributed by atoms with van der Waals surface area (Å²) in [5.74, 6) is -11.7. The van der Waals surface area contributed by atoms with Crippen LogP contribution >= 0.6 is 0 Å². The van der Waals surface area contributed by atoms with E-state index < -0.39 is 40.7 Å². The molecule has 0 saturated heterocycles. The Balaban J connectivity index is 2.22. The van der Waals surface area contributed by atoms with E-state index >= 15 is 0 Å². The second-order valence-corrected chi connectivity index (χ2v) is 4.24. The van der Waals surface area contributed by atoms with Gasteiger partial charge < -0.3 is 5.11 Å². The summed E-state index contributed by atoms with van der Waals surface area (Å²) in [4.78, 5) is 10.6. The Hall–Kier alpha value is -2.97. The van der Waals surface area contributed by atoms with Gasteiger partial charge in [0.1, 0.15) is 5.69 Å². The Morgan fingerprint density at radius 2 is 1.39 bits per heavy atom. The fourth-order valence-corrected chi connectivity index (χ4v) is 1.59. The zero-order valence-corrected chi connectivity index (χ0v) is 11.1. The van der Waals surface area contributed by atoms with E-state index in [4.69, 9.17) is 5.11 Å². The first-order valence-electron chi connectivity index (χ1n) is 5.96. The van der Waals surface area contributed by atoms with Gasteiger partial charge in [-0.2, -0.15) is 5.10 Å². The van der Waals surface area contributed by atoms with Crippen molar-refractivity contribution in [1.29, 1.82) is 0 Å². The van der Waals surface area contributed by atoms with Gasteiger partial charge in [-0.15, -0.1) is 0 Å². The number of anilines is 1. The minimum Gasteiger partial charge on any atom is -0.478 e. The number of rotatable bonds is 4. The van der Waals surface area contributed by atoms with E-state index in [1.807, 2.05) is 0 Å². The number of benzene rings is 2. The van der Waals surface area contributed by atoms with Crippen molar-refractivity contribution < 1.29 is 31.9 Å². The van der Waals surface area contributed by atoms with Crippen LogP contribution in [-0.4, -0.2) is 17.3 Å². The number of halogens is 5. The number of carboxylic acid groups (broad SMARTS) is 1. The molecule has 2 aromatic carbocycles. The summed E-state index contributed by atoms with van der Waals surface area (Å²) in [6, 6.07) is 5.19. The summed E-state index contributed by atoms with van der Waals surface area (Å²) in [6.45, 7) is 0. The number of hydrazone groups is 1. The number of nitrogens with one attached hydrogen (secondary N) is 1.